The number of benzene rings is 2. The molecule has 0 amide bonds. The first-order valence-corrected chi connectivity index (χ1v) is 7.28. The monoisotopic (exact) mass is 416 g/mol. The Morgan fingerprint density at radius 2 is 1.29 bits per heavy atom. The second-order valence-corrected chi connectivity index (χ2v) is 5.65. The van der Waals surface area contributed by atoms with E-state index in [9.17, 15) is 49.4 Å². The molecule has 0 unspecified atom stereocenters. The quantitative estimate of drug-likeness (QED) is 0.513. The van der Waals surface area contributed by atoms with E-state index in [2.05, 4.69) is 0 Å². The third kappa shape index (κ3) is 3.29. The molecule has 0 bridgehead atoms. The lowest BCUT2D eigenvalue weighted by molar-refractivity contribution is -0.399. The fourth-order valence-electron chi connectivity index (χ4n) is 2.22. The molecule has 2 aromatic rings. The summed E-state index contributed by atoms with van der Waals surface area (Å²) in [6.45, 7) is 0. The first kappa shape index (κ1) is 21.6. The highest BCUT2D eigenvalue weighted by atomic mass is 19.4. The maximum atomic E-state index is 13.9. The summed E-state index contributed by atoms with van der Waals surface area (Å²) in [5.74, 6) is -22.2. The number of halogens is 9. The molecule has 28 heavy (non-hydrogen) atoms. The molecule has 0 spiro atoms. The SMILES string of the molecule is O=C(c1ccccc1)c1ccc(C(F)(F)C(F)(F)C(F)(F)C(F)(F)F)cc1O. The largest absolute Gasteiger partial charge is 0.507 e. The van der Waals surface area contributed by atoms with Crippen molar-refractivity contribution in [2.45, 2.75) is 23.9 Å². The smallest absolute Gasteiger partial charge is 0.460 e. The normalized spacial score (nSPS) is 13.5. The average molecular weight is 416 g/mol. The van der Waals surface area contributed by atoms with Crippen LogP contribution >= 0.6 is 0 Å². The van der Waals surface area contributed by atoms with Gasteiger partial charge in [-0.2, -0.15) is 39.5 Å². The number of carbonyl (C=O) groups excluding carboxylic acids is 1. The standard InChI is InChI=1S/C17H9F9O2/c18-14(19,15(20,21)16(22,23)17(24,25)26)10-6-7-11(12(27)8-10)13(28)9-4-2-1-3-5-9/h1-8,27H. The molecule has 0 fully saturated rings. The number of phenolic OH excluding ortho intramolecular Hbond substituents is 1. The van der Waals surface area contributed by atoms with E-state index < -0.39 is 46.6 Å². The van der Waals surface area contributed by atoms with Gasteiger partial charge in [-0.1, -0.05) is 36.4 Å². The number of alkyl halides is 9. The molecular weight excluding hydrogens is 407 g/mol. The van der Waals surface area contributed by atoms with Crippen molar-refractivity contribution in [3.8, 4) is 5.75 Å². The minimum absolute atomic E-state index is 0.0220. The fraction of sp³-hybridized carbons (Fsp3) is 0.235. The molecule has 0 radical (unpaired) electrons. The predicted molar refractivity (Wildman–Crippen MR) is 77.8 cm³/mol. The first-order chi connectivity index (χ1) is 12.6. The molecule has 2 rings (SSSR count). The summed E-state index contributed by atoms with van der Waals surface area (Å²) >= 11 is 0. The average Bonchev–Trinajstić information content (AvgIpc) is 2.60. The lowest BCUT2D eigenvalue weighted by atomic mass is 9.94. The number of carbonyl (C=O) groups is 1. The van der Waals surface area contributed by atoms with Crippen molar-refractivity contribution in [3.63, 3.8) is 0 Å². The molecule has 1 N–H and O–H groups in total. The Bertz CT molecular complexity index is 874. The number of hydrogen-bond donors (Lipinski definition) is 1. The molecule has 0 aliphatic rings. The van der Waals surface area contributed by atoms with Crippen LogP contribution in [0.4, 0.5) is 39.5 Å². The van der Waals surface area contributed by atoms with Crippen LogP contribution in [0.2, 0.25) is 0 Å². The van der Waals surface area contributed by atoms with Gasteiger partial charge in [-0.05, 0) is 12.1 Å². The second-order valence-electron chi connectivity index (χ2n) is 5.65. The van der Waals surface area contributed by atoms with E-state index >= 15 is 0 Å². The molecule has 2 nitrogen and oxygen atoms in total. The highest BCUT2D eigenvalue weighted by Gasteiger charge is 2.82. The fourth-order valence-corrected chi connectivity index (χ4v) is 2.22. The van der Waals surface area contributed by atoms with Gasteiger partial charge in [-0.25, -0.2) is 0 Å². The number of aromatic hydroxyl groups is 1. The van der Waals surface area contributed by atoms with Crippen LogP contribution in [0.15, 0.2) is 48.5 Å². The van der Waals surface area contributed by atoms with Gasteiger partial charge in [-0.3, -0.25) is 4.79 Å². The molecule has 0 aliphatic carbocycles. The maximum Gasteiger partial charge on any atom is 0.460 e. The van der Waals surface area contributed by atoms with Gasteiger partial charge in [0.1, 0.15) is 5.75 Å². The van der Waals surface area contributed by atoms with Crippen LogP contribution in [0.3, 0.4) is 0 Å². The summed E-state index contributed by atoms with van der Waals surface area (Å²) in [4.78, 5) is 12.2. The van der Waals surface area contributed by atoms with Gasteiger partial charge in [0.2, 0.25) is 0 Å². The summed E-state index contributed by atoms with van der Waals surface area (Å²) in [6.07, 6.45) is -6.95. The Hall–Kier alpha value is -2.72. The molecular formula is C17H9F9O2. The van der Waals surface area contributed by atoms with Gasteiger partial charge in [0.25, 0.3) is 0 Å². The zero-order valence-corrected chi connectivity index (χ0v) is 13.4. The summed E-state index contributed by atoms with van der Waals surface area (Å²) in [7, 11) is 0. The van der Waals surface area contributed by atoms with E-state index in [1.54, 1.807) is 0 Å². The van der Waals surface area contributed by atoms with Crippen molar-refractivity contribution >= 4 is 5.78 Å². The van der Waals surface area contributed by atoms with Crippen LogP contribution in [-0.4, -0.2) is 28.9 Å². The van der Waals surface area contributed by atoms with Crippen LogP contribution in [0.25, 0.3) is 0 Å². The summed E-state index contributed by atoms with van der Waals surface area (Å²) < 4.78 is 117. The van der Waals surface area contributed by atoms with Gasteiger partial charge in [0.15, 0.2) is 5.78 Å². The molecule has 152 valence electrons. The zero-order valence-electron chi connectivity index (χ0n) is 13.4. The molecule has 0 aliphatic heterocycles. The molecule has 0 heterocycles. The van der Waals surface area contributed by atoms with Crippen molar-refractivity contribution < 1.29 is 49.4 Å². The molecule has 2 aromatic carbocycles. The Kier molecular flexibility index (Phi) is 5.17. The predicted octanol–water partition coefficient (Wildman–Crippen LogP) is 5.55. The van der Waals surface area contributed by atoms with E-state index in [0.29, 0.717) is 6.07 Å². The topological polar surface area (TPSA) is 37.3 Å². The third-order valence-electron chi connectivity index (χ3n) is 3.79. The summed E-state index contributed by atoms with van der Waals surface area (Å²) in [5, 5.41) is 9.71. The Labute approximate surface area is 151 Å². The van der Waals surface area contributed by atoms with Gasteiger partial charge in [0, 0.05) is 11.1 Å². The Morgan fingerprint density at radius 1 is 0.750 bits per heavy atom. The lowest BCUT2D eigenvalue weighted by Crippen LogP contribution is -2.59. The highest BCUT2D eigenvalue weighted by molar-refractivity contribution is 6.10. The third-order valence-corrected chi connectivity index (χ3v) is 3.79. The Morgan fingerprint density at radius 3 is 1.75 bits per heavy atom. The number of phenols is 1. The van der Waals surface area contributed by atoms with E-state index in [0.717, 1.165) is 0 Å². The molecule has 0 atom stereocenters. The second kappa shape index (κ2) is 6.71. The molecule has 0 saturated carbocycles. The number of ketones is 1. The van der Waals surface area contributed by atoms with Crippen LogP contribution in [0, 0.1) is 0 Å². The minimum Gasteiger partial charge on any atom is -0.507 e. The lowest BCUT2D eigenvalue weighted by Gasteiger charge is -2.33. The molecule has 11 heteroatoms. The van der Waals surface area contributed by atoms with Crippen molar-refractivity contribution in [2.75, 3.05) is 0 Å². The van der Waals surface area contributed by atoms with Gasteiger partial charge in [0.05, 0.1) is 5.56 Å². The van der Waals surface area contributed by atoms with Crippen molar-refractivity contribution in [1.82, 2.24) is 0 Å². The van der Waals surface area contributed by atoms with Crippen LogP contribution < -0.4 is 0 Å². The van der Waals surface area contributed by atoms with Crippen molar-refractivity contribution in [2.24, 2.45) is 0 Å². The van der Waals surface area contributed by atoms with Crippen LogP contribution in [0.1, 0.15) is 21.5 Å². The van der Waals surface area contributed by atoms with Crippen molar-refractivity contribution in [1.29, 1.82) is 0 Å². The zero-order chi connectivity index (χ0) is 21.5. The first-order valence-electron chi connectivity index (χ1n) is 7.28. The van der Waals surface area contributed by atoms with E-state index in [1.165, 1.54) is 30.3 Å². The van der Waals surface area contributed by atoms with Gasteiger partial charge >= 0.3 is 23.9 Å². The number of hydrogen-bond acceptors (Lipinski definition) is 2. The summed E-state index contributed by atoms with van der Waals surface area (Å²) in [5.41, 5.74) is -2.69. The van der Waals surface area contributed by atoms with Gasteiger partial charge < -0.3 is 5.11 Å². The maximum absolute atomic E-state index is 13.9. The summed E-state index contributed by atoms with van der Waals surface area (Å²) in [6, 6.07) is 7.27. The van der Waals surface area contributed by atoms with E-state index in [4.69, 9.17) is 0 Å². The van der Waals surface area contributed by atoms with E-state index in [-0.39, 0.29) is 17.7 Å². The minimum atomic E-state index is -7.06. The molecule has 0 aromatic heterocycles. The van der Waals surface area contributed by atoms with Crippen LogP contribution in [0.5, 0.6) is 5.75 Å². The highest BCUT2D eigenvalue weighted by Crippen LogP contribution is 2.56. The van der Waals surface area contributed by atoms with Gasteiger partial charge in [-0.15, -0.1) is 0 Å². The van der Waals surface area contributed by atoms with E-state index in [1.807, 2.05) is 0 Å². The van der Waals surface area contributed by atoms with Crippen molar-refractivity contribution in [3.05, 3.63) is 65.2 Å². The number of rotatable bonds is 5. The Balaban J connectivity index is 2.48. The van der Waals surface area contributed by atoms with Crippen LogP contribution in [-0.2, 0) is 5.92 Å². The molecule has 0 saturated heterocycles.